The molecule has 1 heterocycles. The van der Waals surface area contributed by atoms with Crippen molar-refractivity contribution in [2.75, 3.05) is 0 Å². The van der Waals surface area contributed by atoms with Gasteiger partial charge in [0.25, 0.3) is 0 Å². The highest BCUT2D eigenvalue weighted by atomic mass is 32.1. The van der Waals surface area contributed by atoms with Gasteiger partial charge in [0.1, 0.15) is 5.82 Å². The van der Waals surface area contributed by atoms with Crippen molar-refractivity contribution in [3.63, 3.8) is 0 Å². The number of thiol groups is 1. The van der Waals surface area contributed by atoms with E-state index < -0.39 is 0 Å². The van der Waals surface area contributed by atoms with Gasteiger partial charge in [-0.1, -0.05) is 19.9 Å². The lowest BCUT2D eigenvalue weighted by Gasteiger charge is -2.03. The summed E-state index contributed by atoms with van der Waals surface area (Å²) in [6.45, 7) is 4.38. The molecule has 0 saturated carbocycles. The maximum Gasteiger partial charge on any atom is 0.116 e. The van der Waals surface area contributed by atoms with E-state index in [-0.39, 0.29) is 0 Å². The smallest absolute Gasteiger partial charge is 0.116 e. The van der Waals surface area contributed by atoms with E-state index in [1.54, 1.807) is 0 Å². The molecule has 74 valence electrons. The molecule has 0 aliphatic carbocycles. The first kappa shape index (κ1) is 9.59. The van der Waals surface area contributed by atoms with Crippen LogP contribution in [0.4, 0.5) is 0 Å². The molecule has 0 radical (unpaired) electrons. The first-order valence-corrected chi connectivity index (χ1v) is 5.43. The number of benzene rings is 1. The quantitative estimate of drug-likeness (QED) is 0.726. The van der Waals surface area contributed by atoms with Crippen molar-refractivity contribution in [1.29, 1.82) is 0 Å². The van der Waals surface area contributed by atoms with Crippen LogP contribution < -0.4 is 0 Å². The first-order chi connectivity index (χ1) is 6.70. The fourth-order valence-electron chi connectivity index (χ4n) is 1.51. The normalized spacial score (nSPS) is 11.4. The monoisotopic (exact) mass is 206 g/mol. The van der Waals surface area contributed by atoms with Gasteiger partial charge in [-0.2, -0.15) is 12.6 Å². The number of aromatic nitrogens is 2. The molecule has 1 aromatic heterocycles. The molecule has 0 spiro atoms. The lowest BCUT2D eigenvalue weighted by Crippen LogP contribution is -1.85. The van der Waals surface area contributed by atoms with E-state index >= 15 is 0 Å². The van der Waals surface area contributed by atoms with Gasteiger partial charge in [0.15, 0.2) is 0 Å². The topological polar surface area (TPSA) is 28.7 Å². The Morgan fingerprint density at radius 2 is 2.21 bits per heavy atom. The van der Waals surface area contributed by atoms with Crippen molar-refractivity contribution < 1.29 is 0 Å². The van der Waals surface area contributed by atoms with E-state index in [4.69, 9.17) is 0 Å². The molecule has 0 fully saturated rings. The Hall–Kier alpha value is -0.960. The van der Waals surface area contributed by atoms with Crippen molar-refractivity contribution in [2.45, 2.75) is 25.5 Å². The van der Waals surface area contributed by atoms with E-state index in [0.717, 1.165) is 16.9 Å². The molecule has 2 rings (SSSR count). The van der Waals surface area contributed by atoms with E-state index in [1.165, 1.54) is 5.56 Å². The number of aromatic amines is 1. The zero-order valence-corrected chi connectivity index (χ0v) is 9.31. The second-order valence-electron chi connectivity index (χ2n) is 3.77. The van der Waals surface area contributed by atoms with Crippen LogP contribution in [-0.2, 0) is 5.75 Å². The summed E-state index contributed by atoms with van der Waals surface area (Å²) in [6.07, 6.45) is 0. The van der Waals surface area contributed by atoms with Gasteiger partial charge < -0.3 is 4.98 Å². The summed E-state index contributed by atoms with van der Waals surface area (Å²) < 4.78 is 0. The van der Waals surface area contributed by atoms with Gasteiger partial charge in [-0.05, 0) is 23.6 Å². The van der Waals surface area contributed by atoms with Gasteiger partial charge in [-0.3, -0.25) is 0 Å². The summed E-state index contributed by atoms with van der Waals surface area (Å²) in [5.74, 6) is 2.15. The summed E-state index contributed by atoms with van der Waals surface area (Å²) in [5, 5.41) is 0. The molecule has 0 aliphatic rings. The van der Waals surface area contributed by atoms with E-state index in [0.29, 0.717) is 11.7 Å². The largest absolute Gasteiger partial charge is 0.341 e. The minimum absolute atomic E-state index is 0.558. The Morgan fingerprint density at radius 1 is 1.43 bits per heavy atom. The molecule has 0 saturated heterocycles. The highest BCUT2D eigenvalue weighted by Crippen LogP contribution is 2.20. The van der Waals surface area contributed by atoms with E-state index in [2.05, 4.69) is 54.6 Å². The number of hydrogen-bond acceptors (Lipinski definition) is 2. The zero-order chi connectivity index (χ0) is 10.1. The van der Waals surface area contributed by atoms with Gasteiger partial charge >= 0.3 is 0 Å². The van der Waals surface area contributed by atoms with Crippen LogP contribution >= 0.6 is 12.6 Å². The Kier molecular flexibility index (Phi) is 2.50. The summed E-state index contributed by atoms with van der Waals surface area (Å²) in [4.78, 5) is 7.65. The molecule has 0 aliphatic heterocycles. The third kappa shape index (κ3) is 1.64. The van der Waals surface area contributed by atoms with Crippen molar-refractivity contribution in [3.05, 3.63) is 29.6 Å². The predicted octanol–water partition coefficient (Wildman–Crippen LogP) is 3.12. The van der Waals surface area contributed by atoms with Crippen molar-refractivity contribution >= 4 is 23.7 Å². The number of fused-ring (bicyclic) bond motifs is 1. The third-order valence-electron chi connectivity index (χ3n) is 2.37. The second-order valence-corrected chi connectivity index (χ2v) is 4.09. The van der Waals surface area contributed by atoms with Gasteiger partial charge in [-0.15, -0.1) is 0 Å². The maximum absolute atomic E-state index is 4.40. The van der Waals surface area contributed by atoms with Crippen LogP contribution in [-0.4, -0.2) is 9.97 Å². The van der Waals surface area contributed by atoms with Crippen LogP contribution in [0.2, 0.25) is 0 Å². The van der Waals surface area contributed by atoms with Crippen molar-refractivity contribution in [2.24, 2.45) is 0 Å². The summed E-state index contributed by atoms with van der Waals surface area (Å²) in [6, 6.07) is 6.37. The summed E-state index contributed by atoms with van der Waals surface area (Å²) >= 11 is 4.19. The molecule has 0 atom stereocenters. The average Bonchev–Trinajstić information content (AvgIpc) is 2.58. The number of imidazole rings is 1. The molecule has 3 heteroatoms. The van der Waals surface area contributed by atoms with Crippen LogP contribution in [0.25, 0.3) is 11.0 Å². The molecule has 1 N–H and O–H groups in total. The van der Waals surface area contributed by atoms with Crippen LogP contribution in [0.3, 0.4) is 0 Å². The van der Waals surface area contributed by atoms with Gasteiger partial charge in [0.2, 0.25) is 0 Å². The number of nitrogens with one attached hydrogen (secondary N) is 1. The molecular weight excluding hydrogens is 192 g/mol. The highest BCUT2D eigenvalue weighted by molar-refractivity contribution is 7.79. The fraction of sp³-hybridized carbons (Fsp3) is 0.364. The lowest BCUT2D eigenvalue weighted by molar-refractivity contribution is 0.868. The molecule has 0 unspecified atom stereocenters. The lowest BCUT2D eigenvalue weighted by atomic mass is 10.0. The van der Waals surface area contributed by atoms with Gasteiger partial charge in [0.05, 0.1) is 11.0 Å². The maximum atomic E-state index is 4.40. The summed E-state index contributed by atoms with van der Waals surface area (Å²) in [7, 11) is 0. The van der Waals surface area contributed by atoms with Crippen molar-refractivity contribution in [1.82, 2.24) is 9.97 Å². The molecule has 2 aromatic rings. The standard InChI is InChI=1S/C11H14N2S/c1-7(2)8-3-4-9-10(5-8)13-11(6-14)12-9/h3-5,7,14H,6H2,1-2H3,(H,12,13). The number of rotatable bonds is 2. The SMILES string of the molecule is CC(C)c1ccc2nc(CS)[nH]c2c1. The van der Waals surface area contributed by atoms with Crippen LogP contribution in [0, 0.1) is 0 Å². The highest BCUT2D eigenvalue weighted by Gasteiger charge is 2.04. The zero-order valence-electron chi connectivity index (χ0n) is 8.41. The molecule has 1 aromatic carbocycles. The average molecular weight is 206 g/mol. The second kappa shape index (κ2) is 3.65. The molecule has 0 bridgehead atoms. The molecule has 0 amide bonds. The van der Waals surface area contributed by atoms with E-state index in [1.807, 2.05) is 0 Å². The number of H-pyrrole nitrogens is 1. The Morgan fingerprint density at radius 3 is 2.86 bits per heavy atom. The van der Waals surface area contributed by atoms with Crippen molar-refractivity contribution in [3.8, 4) is 0 Å². The van der Waals surface area contributed by atoms with Gasteiger partial charge in [-0.25, -0.2) is 4.98 Å². The van der Waals surface area contributed by atoms with Crippen LogP contribution in [0.1, 0.15) is 31.2 Å². The van der Waals surface area contributed by atoms with Gasteiger partial charge in [0, 0.05) is 5.75 Å². The third-order valence-corrected chi connectivity index (χ3v) is 2.67. The Labute approximate surface area is 89.2 Å². The summed E-state index contributed by atoms with van der Waals surface area (Å²) in [5.41, 5.74) is 3.48. The van der Waals surface area contributed by atoms with Crippen LogP contribution in [0.5, 0.6) is 0 Å². The van der Waals surface area contributed by atoms with E-state index in [9.17, 15) is 0 Å². The fourth-order valence-corrected chi connectivity index (χ4v) is 1.66. The number of hydrogen-bond donors (Lipinski definition) is 2. The molecular formula is C11H14N2S. The minimum atomic E-state index is 0.558. The first-order valence-electron chi connectivity index (χ1n) is 4.80. The molecule has 14 heavy (non-hydrogen) atoms. The Bertz CT molecular complexity index is 445. The molecule has 2 nitrogen and oxygen atoms in total. The Balaban J connectivity index is 2.54. The van der Waals surface area contributed by atoms with Crippen LogP contribution in [0.15, 0.2) is 18.2 Å². The predicted molar refractivity (Wildman–Crippen MR) is 62.9 cm³/mol. The minimum Gasteiger partial charge on any atom is -0.341 e. The number of nitrogens with zero attached hydrogens (tertiary/aromatic N) is 1.